The van der Waals surface area contributed by atoms with Gasteiger partial charge in [0.25, 0.3) is 0 Å². The first-order valence-electron chi connectivity index (χ1n) is 7.39. The maximum absolute atomic E-state index is 3.62. The largest absolute Gasteiger partial charge is 0.248 e. The van der Waals surface area contributed by atoms with Crippen molar-refractivity contribution in [2.75, 3.05) is 13.1 Å². The minimum absolute atomic E-state index is 0.416. The first-order chi connectivity index (χ1) is 8.79. The summed E-state index contributed by atoms with van der Waals surface area (Å²) in [7, 11) is 0. The van der Waals surface area contributed by atoms with Crippen molar-refractivity contribution in [2.24, 2.45) is 0 Å². The molecule has 1 aliphatic rings. The topological polar surface area (TPSA) is 15.3 Å². The summed E-state index contributed by atoms with van der Waals surface area (Å²) in [6, 6.07) is 9.50. The van der Waals surface area contributed by atoms with Gasteiger partial charge >= 0.3 is 0 Å². The highest BCUT2D eigenvalue weighted by Gasteiger charge is 2.13. The van der Waals surface area contributed by atoms with Crippen LogP contribution >= 0.6 is 0 Å². The summed E-state index contributed by atoms with van der Waals surface area (Å²) in [5.74, 6) is 0. The molecule has 0 aliphatic carbocycles. The van der Waals surface area contributed by atoms with Gasteiger partial charge in [0.2, 0.25) is 0 Å². The summed E-state index contributed by atoms with van der Waals surface area (Å²) in [4.78, 5) is 0. The van der Waals surface area contributed by atoms with Gasteiger partial charge in [-0.25, -0.2) is 10.4 Å². The van der Waals surface area contributed by atoms with E-state index >= 15 is 0 Å². The van der Waals surface area contributed by atoms with Crippen LogP contribution in [0.15, 0.2) is 24.3 Å². The molecule has 1 fully saturated rings. The zero-order valence-electron chi connectivity index (χ0n) is 11.8. The number of benzene rings is 1. The average molecular weight is 246 g/mol. The minimum Gasteiger partial charge on any atom is -0.248 e. The fourth-order valence-corrected chi connectivity index (χ4v) is 2.63. The van der Waals surface area contributed by atoms with Crippen molar-refractivity contribution in [3.8, 4) is 0 Å². The molecule has 0 bridgehead atoms. The SMILES string of the molecule is CCCc1ccc(C(C)NN2CCCCC2)cc1. The molecule has 2 heteroatoms. The van der Waals surface area contributed by atoms with E-state index in [1.165, 1.54) is 56.3 Å². The molecule has 0 spiro atoms. The minimum atomic E-state index is 0.416. The number of hydrazine groups is 1. The summed E-state index contributed by atoms with van der Waals surface area (Å²) in [5.41, 5.74) is 6.46. The summed E-state index contributed by atoms with van der Waals surface area (Å²) >= 11 is 0. The van der Waals surface area contributed by atoms with Crippen LogP contribution in [0.25, 0.3) is 0 Å². The maximum atomic E-state index is 3.62. The second-order valence-electron chi connectivity index (χ2n) is 5.39. The first-order valence-corrected chi connectivity index (χ1v) is 7.39. The van der Waals surface area contributed by atoms with Gasteiger partial charge in [0.05, 0.1) is 0 Å². The van der Waals surface area contributed by atoms with E-state index in [4.69, 9.17) is 0 Å². The number of nitrogens with zero attached hydrogens (tertiary/aromatic N) is 1. The van der Waals surface area contributed by atoms with Gasteiger partial charge in [-0.1, -0.05) is 44.0 Å². The fraction of sp³-hybridized carbons (Fsp3) is 0.625. The Kier molecular flexibility index (Phi) is 5.21. The lowest BCUT2D eigenvalue weighted by Crippen LogP contribution is -2.42. The average Bonchev–Trinajstić information content (AvgIpc) is 2.41. The van der Waals surface area contributed by atoms with E-state index in [0.29, 0.717) is 6.04 Å². The molecule has 1 N–H and O–H groups in total. The van der Waals surface area contributed by atoms with E-state index in [1.54, 1.807) is 0 Å². The van der Waals surface area contributed by atoms with Gasteiger partial charge in [-0.05, 0) is 37.3 Å². The monoisotopic (exact) mass is 246 g/mol. The van der Waals surface area contributed by atoms with Gasteiger partial charge in [-0.2, -0.15) is 0 Å². The lowest BCUT2D eigenvalue weighted by atomic mass is 10.0. The molecule has 1 unspecified atom stereocenters. The van der Waals surface area contributed by atoms with E-state index in [0.717, 1.165) is 0 Å². The van der Waals surface area contributed by atoms with Crippen molar-refractivity contribution in [3.63, 3.8) is 0 Å². The number of hydrogen-bond acceptors (Lipinski definition) is 2. The zero-order chi connectivity index (χ0) is 12.8. The Morgan fingerprint density at radius 2 is 1.78 bits per heavy atom. The molecule has 18 heavy (non-hydrogen) atoms. The van der Waals surface area contributed by atoms with Gasteiger partial charge in [-0.3, -0.25) is 0 Å². The molecular weight excluding hydrogens is 220 g/mol. The van der Waals surface area contributed by atoms with Gasteiger partial charge in [0.15, 0.2) is 0 Å². The number of rotatable bonds is 5. The van der Waals surface area contributed by atoms with Crippen LogP contribution in [-0.2, 0) is 6.42 Å². The fourth-order valence-electron chi connectivity index (χ4n) is 2.63. The van der Waals surface area contributed by atoms with Crippen LogP contribution in [0.5, 0.6) is 0 Å². The molecule has 1 aliphatic heterocycles. The van der Waals surface area contributed by atoms with E-state index in [-0.39, 0.29) is 0 Å². The lowest BCUT2D eigenvalue weighted by Gasteiger charge is -2.30. The molecule has 2 rings (SSSR count). The van der Waals surface area contributed by atoms with Gasteiger partial charge in [-0.15, -0.1) is 0 Å². The molecular formula is C16H26N2. The highest BCUT2D eigenvalue weighted by Crippen LogP contribution is 2.16. The van der Waals surface area contributed by atoms with Crippen LogP contribution in [0.1, 0.15) is 56.7 Å². The van der Waals surface area contributed by atoms with Crippen molar-refractivity contribution in [1.82, 2.24) is 10.4 Å². The molecule has 100 valence electrons. The Balaban J connectivity index is 1.89. The molecule has 0 aromatic heterocycles. The third kappa shape index (κ3) is 3.82. The molecule has 2 nitrogen and oxygen atoms in total. The quantitative estimate of drug-likeness (QED) is 0.852. The summed E-state index contributed by atoms with van der Waals surface area (Å²) in [5, 5.41) is 2.38. The summed E-state index contributed by atoms with van der Waals surface area (Å²) in [6.45, 7) is 6.87. The second-order valence-corrected chi connectivity index (χ2v) is 5.39. The molecule has 1 aromatic rings. The van der Waals surface area contributed by atoms with E-state index in [2.05, 4.69) is 48.5 Å². The van der Waals surface area contributed by atoms with Crippen molar-refractivity contribution < 1.29 is 0 Å². The van der Waals surface area contributed by atoms with Crippen LogP contribution in [0, 0.1) is 0 Å². The van der Waals surface area contributed by atoms with E-state index in [1.807, 2.05) is 0 Å². The first kappa shape index (κ1) is 13.6. The number of aryl methyl sites for hydroxylation is 1. The van der Waals surface area contributed by atoms with Gasteiger partial charge in [0.1, 0.15) is 0 Å². The predicted molar refractivity (Wildman–Crippen MR) is 77.4 cm³/mol. The second kappa shape index (κ2) is 6.91. The van der Waals surface area contributed by atoms with E-state index in [9.17, 15) is 0 Å². The van der Waals surface area contributed by atoms with Crippen LogP contribution in [0.3, 0.4) is 0 Å². The van der Waals surface area contributed by atoms with Crippen molar-refractivity contribution >= 4 is 0 Å². The highest BCUT2D eigenvalue weighted by atomic mass is 15.5. The highest BCUT2D eigenvalue weighted by molar-refractivity contribution is 5.24. The molecule has 0 saturated carbocycles. The van der Waals surface area contributed by atoms with Crippen LogP contribution in [0.2, 0.25) is 0 Å². The Morgan fingerprint density at radius 3 is 2.39 bits per heavy atom. The zero-order valence-corrected chi connectivity index (χ0v) is 11.8. The molecule has 1 saturated heterocycles. The lowest BCUT2D eigenvalue weighted by molar-refractivity contribution is 0.133. The maximum Gasteiger partial charge on any atom is 0.0436 e. The molecule has 0 amide bonds. The smallest absolute Gasteiger partial charge is 0.0436 e. The number of hydrogen-bond donors (Lipinski definition) is 1. The third-order valence-electron chi connectivity index (χ3n) is 3.75. The number of piperidine rings is 1. The van der Waals surface area contributed by atoms with Gasteiger partial charge < -0.3 is 0 Å². The van der Waals surface area contributed by atoms with Crippen molar-refractivity contribution in [2.45, 2.75) is 52.0 Å². The standard InChI is InChI=1S/C16H26N2/c1-3-7-15-8-10-16(11-9-15)14(2)17-18-12-5-4-6-13-18/h8-11,14,17H,3-7,12-13H2,1-2H3. The van der Waals surface area contributed by atoms with Crippen LogP contribution < -0.4 is 5.43 Å². The van der Waals surface area contributed by atoms with Crippen LogP contribution in [0.4, 0.5) is 0 Å². The molecule has 0 radical (unpaired) electrons. The predicted octanol–water partition coefficient (Wildman–Crippen LogP) is 3.69. The van der Waals surface area contributed by atoms with Crippen molar-refractivity contribution in [1.29, 1.82) is 0 Å². The molecule has 1 aromatic carbocycles. The van der Waals surface area contributed by atoms with E-state index < -0.39 is 0 Å². The van der Waals surface area contributed by atoms with Gasteiger partial charge in [0, 0.05) is 19.1 Å². The Morgan fingerprint density at radius 1 is 1.11 bits per heavy atom. The van der Waals surface area contributed by atoms with Crippen molar-refractivity contribution in [3.05, 3.63) is 35.4 Å². The summed E-state index contributed by atoms with van der Waals surface area (Å²) < 4.78 is 0. The Bertz CT molecular complexity index is 339. The summed E-state index contributed by atoms with van der Waals surface area (Å²) in [6.07, 6.45) is 6.46. The Hall–Kier alpha value is -0.860. The molecule has 1 heterocycles. The van der Waals surface area contributed by atoms with Crippen LogP contribution in [-0.4, -0.2) is 18.1 Å². The Labute approximate surface area is 111 Å². The third-order valence-corrected chi connectivity index (χ3v) is 3.75. The number of nitrogens with one attached hydrogen (secondary N) is 1. The normalized spacial score (nSPS) is 18.8. The molecule has 1 atom stereocenters.